The van der Waals surface area contributed by atoms with E-state index < -0.39 is 24.3 Å². The molecule has 0 N–H and O–H groups in total. The zero-order valence-electron chi connectivity index (χ0n) is 22.0. The van der Waals surface area contributed by atoms with Crippen molar-refractivity contribution in [1.82, 2.24) is 0 Å². The van der Waals surface area contributed by atoms with E-state index >= 15 is 0 Å². The third-order valence-electron chi connectivity index (χ3n) is 7.18. The molecule has 2 saturated carbocycles. The first-order valence-electron chi connectivity index (χ1n) is 13.3. The smallest absolute Gasteiger partial charge is 0.330 e. The van der Waals surface area contributed by atoms with E-state index in [1.165, 1.54) is 12.1 Å². The minimum absolute atomic E-state index is 0.0288. The van der Waals surface area contributed by atoms with Gasteiger partial charge in [0.25, 0.3) is 6.43 Å². The third kappa shape index (κ3) is 9.76. The summed E-state index contributed by atoms with van der Waals surface area (Å²) in [5.74, 6) is -1.32. The van der Waals surface area contributed by atoms with Gasteiger partial charge in [0.2, 0.25) is 0 Å². The van der Waals surface area contributed by atoms with Crippen molar-refractivity contribution in [3.8, 4) is 11.5 Å². The van der Waals surface area contributed by atoms with Crippen LogP contribution in [0.5, 0.6) is 11.5 Å². The van der Waals surface area contributed by atoms with Gasteiger partial charge in [-0.05, 0) is 81.4 Å². The Hall–Kier alpha value is -3.27. The first-order valence-corrected chi connectivity index (χ1v) is 13.3. The molecular weight excluding hydrogens is 514 g/mol. The van der Waals surface area contributed by atoms with Crippen LogP contribution in [0.2, 0.25) is 0 Å². The number of ether oxygens (including phenoxy) is 5. The molecule has 0 aromatic heterocycles. The Balaban J connectivity index is 1.42. The number of rotatable bonds is 13. The van der Waals surface area contributed by atoms with Gasteiger partial charge in [0.15, 0.2) is 6.79 Å². The van der Waals surface area contributed by atoms with Crippen LogP contribution in [0.15, 0.2) is 43.5 Å². The standard InChI is InChI=1S/C29H36F2O8/c1-3-26(32)35-16-19-5-9-21(10-6-19)29(34)39-23-13-14-25(24(15-23)28(30)31)38-18-37-22-11-7-20(8-12-22)17-36-27(33)4-2/h3-4,13-15,19-22,28H,1-2,5-12,16-18H2. The second-order valence-corrected chi connectivity index (χ2v) is 9.88. The second-order valence-electron chi connectivity index (χ2n) is 9.88. The molecule has 0 saturated heterocycles. The monoisotopic (exact) mass is 550 g/mol. The van der Waals surface area contributed by atoms with Gasteiger partial charge in [-0.2, -0.15) is 0 Å². The molecule has 2 aliphatic rings. The van der Waals surface area contributed by atoms with E-state index in [2.05, 4.69) is 13.2 Å². The number of carbonyl (C=O) groups is 3. The topological polar surface area (TPSA) is 97.4 Å². The molecule has 0 aliphatic heterocycles. The maximum Gasteiger partial charge on any atom is 0.330 e. The van der Waals surface area contributed by atoms with E-state index in [0.29, 0.717) is 32.3 Å². The van der Waals surface area contributed by atoms with Crippen LogP contribution < -0.4 is 9.47 Å². The molecule has 0 atom stereocenters. The molecule has 10 heteroatoms. The molecule has 2 fully saturated rings. The first-order chi connectivity index (χ1) is 18.8. The summed E-state index contributed by atoms with van der Waals surface area (Å²) in [6.07, 6.45) is 5.01. The van der Waals surface area contributed by atoms with E-state index in [0.717, 1.165) is 43.9 Å². The number of hydrogen-bond donors (Lipinski definition) is 0. The molecule has 3 rings (SSSR count). The first kappa shape index (κ1) is 30.3. The van der Waals surface area contributed by atoms with Crippen molar-refractivity contribution in [3.05, 3.63) is 49.1 Å². The Morgan fingerprint density at radius 1 is 0.872 bits per heavy atom. The van der Waals surface area contributed by atoms with Crippen LogP contribution in [-0.2, 0) is 28.6 Å². The van der Waals surface area contributed by atoms with Crippen LogP contribution in [0.4, 0.5) is 8.78 Å². The van der Waals surface area contributed by atoms with Gasteiger partial charge < -0.3 is 23.7 Å². The van der Waals surface area contributed by atoms with Crippen molar-refractivity contribution in [3.63, 3.8) is 0 Å². The second kappa shape index (κ2) is 15.4. The number of esters is 3. The summed E-state index contributed by atoms with van der Waals surface area (Å²) < 4.78 is 54.3. The van der Waals surface area contributed by atoms with Gasteiger partial charge in [0.1, 0.15) is 11.5 Å². The van der Waals surface area contributed by atoms with Crippen molar-refractivity contribution < 1.29 is 46.8 Å². The van der Waals surface area contributed by atoms with Gasteiger partial charge in [-0.15, -0.1) is 0 Å². The fourth-order valence-electron chi connectivity index (χ4n) is 4.83. The van der Waals surface area contributed by atoms with Gasteiger partial charge >= 0.3 is 17.9 Å². The Kier molecular flexibility index (Phi) is 11.9. The molecule has 0 unspecified atom stereocenters. The molecule has 2 aliphatic carbocycles. The summed E-state index contributed by atoms with van der Waals surface area (Å²) in [4.78, 5) is 35.0. The fourth-order valence-corrected chi connectivity index (χ4v) is 4.83. The van der Waals surface area contributed by atoms with Crippen LogP contribution >= 0.6 is 0 Å². The van der Waals surface area contributed by atoms with Gasteiger partial charge in [0.05, 0.1) is 30.8 Å². The van der Waals surface area contributed by atoms with Gasteiger partial charge in [-0.3, -0.25) is 4.79 Å². The molecule has 0 radical (unpaired) electrons. The molecule has 214 valence electrons. The number of carbonyl (C=O) groups excluding carboxylic acids is 3. The van der Waals surface area contributed by atoms with Crippen LogP contribution in [0, 0.1) is 17.8 Å². The maximum absolute atomic E-state index is 13.7. The average Bonchev–Trinajstić information content (AvgIpc) is 2.95. The summed E-state index contributed by atoms with van der Waals surface area (Å²) in [7, 11) is 0. The van der Waals surface area contributed by atoms with Crippen LogP contribution in [0.3, 0.4) is 0 Å². The molecule has 8 nitrogen and oxygen atoms in total. The highest BCUT2D eigenvalue weighted by Crippen LogP contribution is 2.35. The lowest BCUT2D eigenvalue weighted by molar-refractivity contribution is -0.143. The van der Waals surface area contributed by atoms with Crippen molar-refractivity contribution >= 4 is 17.9 Å². The van der Waals surface area contributed by atoms with Gasteiger partial charge in [-0.25, -0.2) is 18.4 Å². The quantitative estimate of drug-likeness (QED) is 0.133. The van der Waals surface area contributed by atoms with Gasteiger partial charge in [-0.1, -0.05) is 13.2 Å². The Bertz CT molecular complexity index is 995. The normalized spacial score (nSPS) is 22.9. The van der Waals surface area contributed by atoms with E-state index in [4.69, 9.17) is 23.7 Å². The molecule has 0 spiro atoms. The molecular formula is C29H36F2O8. The zero-order chi connectivity index (χ0) is 28.2. The minimum atomic E-state index is -2.83. The van der Waals surface area contributed by atoms with E-state index in [1.807, 2.05) is 0 Å². The lowest BCUT2D eigenvalue weighted by atomic mass is 9.82. The SMILES string of the molecule is C=CC(=O)OCC1CCC(OCOc2ccc(OC(=O)C3CCC(COC(=O)C=C)CC3)cc2C(F)F)CC1. The van der Waals surface area contributed by atoms with Gasteiger partial charge in [0, 0.05) is 12.2 Å². The van der Waals surface area contributed by atoms with Crippen LogP contribution in [0.25, 0.3) is 0 Å². The molecule has 1 aromatic carbocycles. The average molecular weight is 551 g/mol. The number of benzene rings is 1. The lowest BCUT2D eigenvalue weighted by Crippen LogP contribution is -2.27. The lowest BCUT2D eigenvalue weighted by Gasteiger charge is -2.28. The zero-order valence-corrected chi connectivity index (χ0v) is 22.0. The molecule has 0 bridgehead atoms. The Morgan fingerprint density at radius 3 is 1.97 bits per heavy atom. The Morgan fingerprint density at radius 2 is 1.44 bits per heavy atom. The summed E-state index contributed by atoms with van der Waals surface area (Å²) >= 11 is 0. The molecule has 39 heavy (non-hydrogen) atoms. The third-order valence-corrected chi connectivity index (χ3v) is 7.18. The van der Waals surface area contributed by atoms with E-state index in [1.54, 1.807) is 0 Å². The number of alkyl halides is 2. The predicted octanol–water partition coefficient (Wildman–Crippen LogP) is 5.71. The molecule has 0 amide bonds. The summed E-state index contributed by atoms with van der Waals surface area (Å²) in [5, 5.41) is 0. The van der Waals surface area contributed by atoms with Crippen LogP contribution in [0.1, 0.15) is 63.4 Å². The highest BCUT2D eigenvalue weighted by molar-refractivity contribution is 5.81. The van der Waals surface area contributed by atoms with Crippen molar-refractivity contribution in [2.45, 2.75) is 63.9 Å². The van der Waals surface area contributed by atoms with E-state index in [-0.39, 0.29) is 54.3 Å². The number of halogens is 2. The fraction of sp³-hybridized carbons (Fsp3) is 0.552. The van der Waals surface area contributed by atoms with Crippen molar-refractivity contribution in [2.75, 3.05) is 20.0 Å². The maximum atomic E-state index is 13.7. The van der Waals surface area contributed by atoms with Crippen molar-refractivity contribution in [1.29, 1.82) is 0 Å². The predicted molar refractivity (Wildman–Crippen MR) is 137 cm³/mol. The van der Waals surface area contributed by atoms with Crippen molar-refractivity contribution in [2.24, 2.45) is 17.8 Å². The Labute approximate surface area is 227 Å². The summed E-state index contributed by atoms with van der Waals surface area (Å²) in [5.41, 5.74) is -0.385. The number of hydrogen-bond acceptors (Lipinski definition) is 8. The molecule has 1 aromatic rings. The largest absolute Gasteiger partial charge is 0.467 e. The summed E-state index contributed by atoms with van der Waals surface area (Å²) in [6, 6.07) is 3.90. The molecule has 0 heterocycles. The highest BCUT2D eigenvalue weighted by Gasteiger charge is 2.29. The minimum Gasteiger partial charge on any atom is -0.467 e. The summed E-state index contributed by atoms with van der Waals surface area (Å²) in [6.45, 7) is 7.17. The highest BCUT2D eigenvalue weighted by atomic mass is 19.3. The van der Waals surface area contributed by atoms with E-state index in [9.17, 15) is 23.2 Å². The van der Waals surface area contributed by atoms with Crippen LogP contribution in [-0.4, -0.2) is 44.0 Å².